The number of thioether (sulfide) groups is 1. The van der Waals surface area contributed by atoms with E-state index in [9.17, 15) is 14.9 Å². The maximum Gasteiger partial charge on any atom is 0.262 e. The zero-order valence-electron chi connectivity index (χ0n) is 17.9. The Morgan fingerprint density at radius 2 is 1.73 bits per heavy atom. The number of nitrogens with zero attached hydrogens (tertiary/aromatic N) is 3. The number of carbonyl (C=O) groups excluding carboxylic acids is 1. The number of anilines is 1. The van der Waals surface area contributed by atoms with E-state index in [1.54, 1.807) is 41.0 Å². The number of amides is 1. The highest BCUT2D eigenvalue weighted by Gasteiger charge is 2.14. The van der Waals surface area contributed by atoms with Gasteiger partial charge in [0.25, 0.3) is 5.56 Å². The first-order chi connectivity index (χ1) is 16.2. The molecule has 4 aromatic rings. The van der Waals surface area contributed by atoms with Gasteiger partial charge in [0.05, 0.1) is 27.9 Å². The van der Waals surface area contributed by atoms with E-state index in [1.165, 1.54) is 17.3 Å². The van der Waals surface area contributed by atoms with E-state index < -0.39 is 0 Å². The van der Waals surface area contributed by atoms with Crippen molar-refractivity contribution in [2.24, 2.45) is 0 Å². The third-order valence-corrected chi connectivity index (χ3v) is 6.15. The van der Waals surface area contributed by atoms with Crippen LogP contribution in [0.25, 0.3) is 10.9 Å². The Balaban J connectivity index is 1.52. The number of nitriles is 1. The maximum absolute atomic E-state index is 13.2. The van der Waals surface area contributed by atoms with Crippen molar-refractivity contribution in [1.29, 1.82) is 5.26 Å². The van der Waals surface area contributed by atoms with Gasteiger partial charge in [0.2, 0.25) is 5.91 Å². The summed E-state index contributed by atoms with van der Waals surface area (Å²) in [5.41, 5.74) is 2.59. The van der Waals surface area contributed by atoms with Gasteiger partial charge in [-0.2, -0.15) is 5.26 Å². The second kappa shape index (κ2) is 10.6. The highest BCUT2D eigenvalue weighted by Crippen LogP contribution is 2.20. The summed E-state index contributed by atoms with van der Waals surface area (Å²) >= 11 is 1.22. The van der Waals surface area contributed by atoms with Crippen LogP contribution in [-0.4, -0.2) is 21.2 Å². The first-order valence-electron chi connectivity index (χ1n) is 10.6. The van der Waals surface area contributed by atoms with Crippen molar-refractivity contribution >= 4 is 34.3 Å². The Bertz CT molecular complexity index is 1380. The highest BCUT2D eigenvalue weighted by atomic mass is 32.2. The van der Waals surface area contributed by atoms with Gasteiger partial charge in [0.15, 0.2) is 5.16 Å². The molecule has 3 aromatic carbocycles. The van der Waals surface area contributed by atoms with E-state index >= 15 is 0 Å². The molecule has 1 aromatic heterocycles. The second-order valence-corrected chi connectivity index (χ2v) is 8.39. The molecule has 0 fully saturated rings. The van der Waals surface area contributed by atoms with Gasteiger partial charge in [-0.15, -0.1) is 0 Å². The van der Waals surface area contributed by atoms with Crippen LogP contribution >= 0.6 is 11.8 Å². The van der Waals surface area contributed by atoms with Crippen LogP contribution in [0.15, 0.2) is 88.8 Å². The van der Waals surface area contributed by atoms with Crippen molar-refractivity contribution in [3.63, 3.8) is 0 Å². The van der Waals surface area contributed by atoms with Crippen molar-refractivity contribution in [3.05, 3.63) is 100 Å². The highest BCUT2D eigenvalue weighted by molar-refractivity contribution is 7.99. The van der Waals surface area contributed by atoms with Crippen LogP contribution in [0.5, 0.6) is 0 Å². The third-order valence-electron chi connectivity index (χ3n) is 5.17. The summed E-state index contributed by atoms with van der Waals surface area (Å²) in [7, 11) is 0. The van der Waals surface area contributed by atoms with Gasteiger partial charge in [-0.05, 0) is 42.7 Å². The summed E-state index contributed by atoms with van der Waals surface area (Å²) in [6.07, 6.45) is 1.62. The Morgan fingerprint density at radius 1 is 1.00 bits per heavy atom. The van der Waals surface area contributed by atoms with E-state index in [0.717, 1.165) is 12.8 Å². The number of aryl methyl sites for hydroxylation is 1. The lowest BCUT2D eigenvalue weighted by Crippen LogP contribution is -2.24. The number of rotatable bonds is 8. The Kier molecular flexibility index (Phi) is 7.18. The third kappa shape index (κ3) is 5.48. The summed E-state index contributed by atoms with van der Waals surface area (Å²) in [6.45, 7) is 0.507. The smallest absolute Gasteiger partial charge is 0.262 e. The van der Waals surface area contributed by atoms with E-state index in [0.29, 0.717) is 33.9 Å². The van der Waals surface area contributed by atoms with Crippen molar-refractivity contribution in [2.45, 2.75) is 24.5 Å². The normalized spacial score (nSPS) is 10.6. The van der Waals surface area contributed by atoms with Crippen LogP contribution in [0.3, 0.4) is 0 Å². The number of para-hydroxylation sites is 2. The standard InChI is InChI=1S/C26H22N4O2S/c27-17-20-12-4-6-14-22(20)28-24(31)18-33-26-29-23-15-7-5-13-21(23)25(32)30(26)16-8-11-19-9-2-1-3-10-19/h1-7,9-10,12-15H,8,11,16,18H2,(H,28,31). The Morgan fingerprint density at radius 3 is 2.55 bits per heavy atom. The molecule has 0 saturated carbocycles. The average molecular weight is 455 g/mol. The lowest BCUT2D eigenvalue weighted by Gasteiger charge is -2.13. The molecule has 0 radical (unpaired) electrons. The van der Waals surface area contributed by atoms with Crippen molar-refractivity contribution in [3.8, 4) is 6.07 Å². The quantitative estimate of drug-likeness (QED) is 0.310. The fourth-order valence-corrected chi connectivity index (χ4v) is 4.37. The second-order valence-electron chi connectivity index (χ2n) is 7.45. The van der Waals surface area contributed by atoms with E-state index in [4.69, 9.17) is 0 Å². The van der Waals surface area contributed by atoms with Crippen LogP contribution in [-0.2, 0) is 17.8 Å². The zero-order valence-corrected chi connectivity index (χ0v) is 18.7. The molecular weight excluding hydrogens is 432 g/mol. The number of nitrogens with one attached hydrogen (secondary N) is 1. The van der Waals surface area contributed by atoms with Crippen molar-refractivity contribution in [1.82, 2.24) is 9.55 Å². The first kappa shape index (κ1) is 22.3. The number of hydrogen-bond acceptors (Lipinski definition) is 5. The minimum atomic E-state index is -0.263. The Labute approximate surface area is 195 Å². The minimum Gasteiger partial charge on any atom is -0.324 e. The number of benzene rings is 3. The molecule has 7 heteroatoms. The summed E-state index contributed by atoms with van der Waals surface area (Å²) < 4.78 is 1.66. The monoisotopic (exact) mass is 454 g/mol. The average Bonchev–Trinajstić information content (AvgIpc) is 2.85. The number of aromatic nitrogens is 2. The van der Waals surface area contributed by atoms with E-state index in [2.05, 4.69) is 28.5 Å². The van der Waals surface area contributed by atoms with Crippen LogP contribution < -0.4 is 10.9 Å². The van der Waals surface area contributed by atoms with Gasteiger partial charge in [0, 0.05) is 6.54 Å². The maximum atomic E-state index is 13.2. The van der Waals surface area contributed by atoms with Crippen LogP contribution in [0.2, 0.25) is 0 Å². The molecule has 0 atom stereocenters. The molecule has 0 spiro atoms. The summed E-state index contributed by atoms with van der Waals surface area (Å²) in [5, 5.41) is 13.1. The first-order valence-corrected chi connectivity index (χ1v) is 11.6. The summed E-state index contributed by atoms with van der Waals surface area (Å²) in [5.74, 6) is -0.190. The van der Waals surface area contributed by atoms with Gasteiger partial charge >= 0.3 is 0 Å². The molecule has 0 unspecified atom stereocenters. The molecule has 33 heavy (non-hydrogen) atoms. The van der Waals surface area contributed by atoms with Crippen LogP contribution in [0.4, 0.5) is 5.69 Å². The number of hydrogen-bond donors (Lipinski definition) is 1. The van der Waals surface area contributed by atoms with Crippen molar-refractivity contribution < 1.29 is 4.79 Å². The van der Waals surface area contributed by atoms with Gasteiger partial charge in [-0.25, -0.2) is 4.98 Å². The molecule has 0 aliphatic rings. The topological polar surface area (TPSA) is 87.8 Å². The molecule has 4 rings (SSSR count). The fourth-order valence-electron chi connectivity index (χ4n) is 3.55. The van der Waals surface area contributed by atoms with E-state index in [-0.39, 0.29) is 17.2 Å². The summed E-state index contributed by atoms with van der Waals surface area (Å²) in [4.78, 5) is 30.4. The van der Waals surface area contributed by atoms with Gasteiger partial charge in [-0.1, -0.05) is 66.4 Å². The zero-order chi connectivity index (χ0) is 23.0. The van der Waals surface area contributed by atoms with Crippen LogP contribution in [0, 0.1) is 11.3 Å². The SMILES string of the molecule is N#Cc1ccccc1NC(=O)CSc1nc2ccccc2c(=O)n1CCCc1ccccc1. The molecule has 1 N–H and O–H groups in total. The fraction of sp³-hybridized carbons (Fsp3) is 0.154. The molecule has 0 aliphatic heterocycles. The van der Waals surface area contributed by atoms with Gasteiger partial charge in [-0.3, -0.25) is 14.2 Å². The molecule has 0 aliphatic carbocycles. The van der Waals surface area contributed by atoms with Crippen LogP contribution in [0.1, 0.15) is 17.5 Å². The van der Waals surface area contributed by atoms with Crippen molar-refractivity contribution in [2.75, 3.05) is 11.1 Å². The predicted molar refractivity (Wildman–Crippen MR) is 131 cm³/mol. The molecule has 164 valence electrons. The van der Waals surface area contributed by atoms with Gasteiger partial charge in [0.1, 0.15) is 6.07 Å². The number of carbonyl (C=O) groups is 1. The minimum absolute atomic E-state index is 0.0726. The molecule has 0 bridgehead atoms. The molecular formula is C26H22N4O2S. The summed E-state index contributed by atoms with van der Waals surface area (Å²) in [6, 6.07) is 26.3. The molecule has 1 heterocycles. The van der Waals surface area contributed by atoms with Gasteiger partial charge < -0.3 is 5.32 Å². The lowest BCUT2D eigenvalue weighted by atomic mass is 10.1. The molecule has 0 saturated heterocycles. The molecule has 1 amide bonds. The molecule has 6 nitrogen and oxygen atoms in total. The lowest BCUT2D eigenvalue weighted by molar-refractivity contribution is -0.113. The largest absolute Gasteiger partial charge is 0.324 e. The number of fused-ring (bicyclic) bond motifs is 1. The van der Waals surface area contributed by atoms with E-state index in [1.807, 2.05) is 30.3 Å². The predicted octanol–water partition coefficient (Wildman–Crippen LogP) is 4.63. The Hall–Kier alpha value is -3.89.